The van der Waals surface area contributed by atoms with Crippen molar-refractivity contribution in [1.82, 2.24) is 9.78 Å². The molecular formula is C18H20N2O3. The Bertz CT molecular complexity index is 837. The smallest absolute Gasteiger partial charge is 0.327 e. The first-order valence-corrected chi connectivity index (χ1v) is 7.86. The highest BCUT2D eigenvalue weighted by atomic mass is 16.5. The van der Waals surface area contributed by atoms with E-state index in [-0.39, 0.29) is 12.1 Å². The van der Waals surface area contributed by atoms with E-state index in [1.54, 1.807) is 13.0 Å². The van der Waals surface area contributed by atoms with Gasteiger partial charge in [0.1, 0.15) is 6.54 Å². The zero-order chi connectivity index (χ0) is 16.6. The van der Waals surface area contributed by atoms with E-state index >= 15 is 0 Å². The van der Waals surface area contributed by atoms with Crippen molar-refractivity contribution in [3.05, 3.63) is 50.8 Å². The lowest BCUT2D eigenvalue weighted by Crippen LogP contribution is -2.29. The van der Waals surface area contributed by atoms with Gasteiger partial charge in [-0.05, 0) is 56.4 Å². The van der Waals surface area contributed by atoms with E-state index in [1.807, 2.05) is 0 Å². The summed E-state index contributed by atoms with van der Waals surface area (Å²) in [6, 6.07) is 5.87. The molecule has 0 bridgehead atoms. The lowest BCUT2D eigenvalue weighted by molar-refractivity contribution is -0.144. The summed E-state index contributed by atoms with van der Waals surface area (Å²) >= 11 is 0. The Morgan fingerprint density at radius 2 is 2.04 bits per heavy atom. The quantitative estimate of drug-likeness (QED) is 0.815. The molecule has 1 heterocycles. The second-order valence-corrected chi connectivity index (χ2v) is 5.93. The van der Waals surface area contributed by atoms with Gasteiger partial charge in [-0.3, -0.25) is 9.59 Å². The number of nitrogens with zero attached hydrogens (tertiary/aromatic N) is 2. The number of aryl methyl sites for hydroxylation is 3. The summed E-state index contributed by atoms with van der Waals surface area (Å²) in [6.45, 7) is 6.03. The standard InChI is InChI=1S/C18H20N2O3/c1-4-23-17(22)10-20-16(21)9-13-5-6-14-12(3)7-11(2)8-15(14)18(13)19-20/h7-9H,4-6,10H2,1-3H3. The van der Waals surface area contributed by atoms with Crippen molar-refractivity contribution in [2.45, 2.75) is 40.2 Å². The molecule has 0 saturated carbocycles. The van der Waals surface area contributed by atoms with Crippen LogP contribution < -0.4 is 5.56 Å². The van der Waals surface area contributed by atoms with Gasteiger partial charge in [0.2, 0.25) is 0 Å². The summed E-state index contributed by atoms with van der Waals surface area (Å²) in [5, 5.41) is 4.46. The van der Waals surface area contributed by atoms with Crippen molar-refractivity contribution < 1.29 is 9.53 Å². The molecule has 1 aliphatic rings. The van der Waals surface area contributed by atoms with Crippen molar-refractivity contribution >= 4 is 5.97 Å². The van der Waals surface area contributed by atoms with Crippen LogP contribution in [0, 0.1) is 13.8 Å². The summed E-state index contributed by atoms with van der Waals surface area (Å²) in [4.78, 5) is 23.8. The zero-order valence-electron chi connectivity index (χ0n) is 13.7. The molecule has 0 radical (unpaired) electrons. The minimum absolute atomic E-state index is 0.153. The number of aromatic nitrogens is 2. The van der Waals surface area contributed by atoms with Crippen molar-refractivity contribution in [2.75, 3.05) is 6.61 Å². The highest BCUT2D eigenvalue weighted by molar-refractivity contribution is 5.72. The van der Waals surface area contributed by atoms with E-state index in [0.717, 1.165) is 29.7 Å². The first kappa shape index (κ1) is 15.5. The Hall–Kier alpha value is -2.43. The van der Waals surface area contributed by atoms with Crippen LogP contribution in [0.3, 0.4) is 0 Å². The van der Waals surface area contributed by atoms with Gasteiger partial charge in [0, 0.05) is 11.6 Å². The Labute approximate surface area is 134 Å². The van der Waals surface area contributed by atoms with Crippen LogP contribution in [0.2, 0.25) is 0 Å². The molecule has 0 unspecified atom stereocenters. The number of ether oxygens (including phenoxy) is 1. The van der Waals surface area contributed by atoms with Crippen molar-refractivity contribution in [2.24, 2.45) is 0 Å². The molecule has 0 atom stereocenters. The average Bonchev–Trinajstić information content (AvgIpc) is 2.48. The van der Waals surface area contributed by atoms with E-state index in [1.165, 1.54) is 21.4 Å². The van der Waals surface area contributed by atoms with Crippen molar-refractivity contribution in [3.63, 3.8) is 0 Å². The number of esters is 1. The fourth-order valence-corrected chi connectivity index (χ4v) is 3.19. The second-order valence-electron chi connectivity index (χ2n) is 5.93. The largest absolute Gasteiger partial charge is 0.465 e. The van der Waals surface area contributed by atoms with Crippen LogP contribution in [-0.2, 0) is 28.9 Å². The lowest BCUT2D eigenvalue weighted by Gasteiger charge is -2.22. The molecule has 2 aromatic rings. The third-order valence-electron chi connectivity index (χ3n) is 4.18. The number of hydrogen-bond donors (Lipinski definition) is 0. The molecule has 0 fully saturated rings. The number of carbonyl (C=O) groups excluding carboxylic acids is 1. The maximum absolute atomic E-state index is 12.2. The van der Waals surface area contributed by atoms with Gasteiger partial charge in [-0.2, -0.15) is 5.10 Å². The third-order valence-corrected chi connectivity index (χ3v) is 4.18. The van der Waals surface area contributed by atoms with E-state index in [9.17, 15) is 9.59 Å². The molecule has 23 heavy (non-hydrogen) atoms. The Balaban J connectivity index is 2.10. The van der Waals surface area contributed by atoms with Crippen LogP contribution in [-0.4, -0.2) is 22.4 Å². The van der Waals surface area contributed by atoms with Gasteiger partial charge in [-0.15, -0.1) is 0 Å². The highest BCUT2D eigenvalue weighted by Crippen LogP contribution is 2.33. The Morgan fingerprint density at radius 3 is 2.78 bits per heavy atom. The van der Waals surface area contributed by atoms with Gasteiger partial charge in [-0.1, -0.05) is 11.6 Å². The number of rotatable bonds is 3. The molecular weight excluding hydrogens is 292 g/mol. The van der Waals surface area contributed by atoms with Crippen molar-refractivity contribution in [3.8, 4) is 11.3 Å². The summed E-state index contributed by atoms with van der Waals surface area (Å²) in [7, 11) is 0. The molecule has 120 valence electrons. The number of fused-ring (bicyclic) bond motifs is 3. The third kappa shape index (κ3) is 2.91. The topological polar surface area (TPSA) is 61.2 Å². The molecule has 0 aliphatic heterocycles. The van der Waals surface area contributed by atoms with Crippen LogP contribution in [0.25, 0.3) is 11.3 Å². The summed E-state index contributed by atoms with van der Waals surface area (Å²) in [6.07, 6.45) is 1.71. The first-order valence-electron chi connectivity index (χ1n) is 7.86. The predicted molar refractivity (Wildman–Crippen MR) is 87.4 cm³/mol. The predicted octanol–water partition coefficient (Wildman–Crippen LogP) is 2.19. The summed E-state index contributed by atoms with van der Waals surface area (Å²) in [5.74, 6) is -0.446. The van der Waals surface area contributed by atoms with E-state index < -0.39 is 5.97 Å². The van der Waals surface area contributed by atoms with Gasteiger partial charge in [-0.25, -0.2) is 4.68 Å². The zero-order valence-corrected chi connectivity index (χ0v) is 13.7. The van der Waals surface area contributed by atoms with Gasteiger partial charge >= 0.3 is 5.97 Å². The number of carbonyl (C=O) groups is 1. The average molecular weight is 312 g/mol. The van der Waals surface area contributed by atoms with Gasteiger partial charge in [0.25, 0.3) is 5.56 Å². The van der Waals surface area contributed by atoms with Crippen LogP contribution in [0.4, 0.5) is 0 Å². The molecule has 0 N–H and O–H groups in total. The number of hydrogen-bond acceptors (Lipinski definition) is 4. The van der Waals surface area contributed by atoms with Gasteiger partial charge in [0.15, 0.2) is 0 Å². The highest BCUT2D eigenvalue weighted by Gasteiger charge is 2.21. The lowest BCUT2D eigenvalue weighted by atomic mass is 9.86. The van der Waals surface area contributed by atoms with Crippen molar-refractivity contribution in [1.29, 1.82) is 0 Å². The van der Waals surface area contributed by atoms with E-state index in [4.69, 9.17) is 4.74 Å². The molecule has 3 rings (SSSR count). The second kappa shape index (κ2) is 5.99. The molecule has 0 amide bonds. The Kier molecular flexibility index (Phi) is 4.03. The molecule has 5 heteroatoms. The number of benzene rings is 1. The fraction of sp³-hybridized carbons (Fsp3) is 0.389. The molecule has 0 spiro atoms. The maximum atomic E-state index is 12.2. The van der Waals surface area contributed by atoms with E-state index in [2.05, 4.69) is 31.1 Å². The summed E-state index contributed by atoms with van der Waals surface area (Å²) in [5.41, 5.74) is 6.26. The van der Waals surface area contributed by atoms with Crippen LogP contribution in [0.15, 0.2) is 23.0 Å². The van der Waals surface area contributed by atoms with Crippen LogP contribution in [0.5, 0.6) is 0 Å². The molecule has 5 nitrogen and oxygen atoms in total. The van der Waals surface area contributed by atoms with Gasteiger partial charge < -0.3 is 4.74 Å². The normalized spacial score (nSPS) is 12.5. The monoisotopic (exact) mass is 312 g/mol. The van der Waals surface area contributed by atoms with Gasteiger partial charge in [0.05, 0.1) is 12.3 Å². The SMILES string of the molecule is CCOC(=O)Cn1nc2c(cc1=O)CCc1c(C)cc(C)cc1-2. The van der Waals surface area contributed by atoms with Crippen LogP contribution >= 0.6 is 0 Å². The first-order chi connectivity index (χ1) is 11.0. The van der Waals surface area contributed by atoms with Crippen LogP contribution in [0.1, 0.15) is 29.2 Å². The minimum atomic E-state index is -0.446. The molecule has 1 aromatic heterocycles. The fourth-order valence-electron chi connectivity index (χ4n) is 3.19. The maximum Gasteiger partial charge on any atom is 0.327 e. The van der Waals surface area contributed by atoms with E-state index in [0.29, 0.717) is 6.61 Å². The summed E-state index contributed by atoms with van der Waals surface area (Å²) < 4.78 is 6.11. The molecule has 0 saturated heterocycles. The minimum Gasteiger partial charge on any atom is -0.465 e. The Morgan fingerprint density at radius 1 is 1.26 bits per heavy atom. The molecule has 1 aromatic carbocycles. The molecule has 1 aliphatic carbocycles.